The van der Waals surface area contributed by atoms with Crippen LogP contribution in [0.1, 0.15) is 39.4 Å². The van der Waals surface area contributed by atoms with Crippen LogP contribution in [0.3, 0.4) is 0 Å². The van der Waals surface area contributed by atoms with Crippen LogP contribution < -0.4 is 5.56 Å². The van der Waals surface area contributed by atoms with E-state index in [1.807, 2.05) is 36.9 Å². The first-order valence-corrected chi connectivity index (χ1v) is 9.50. The summed E-state index contributed by atoms with van der Waals surface area (Å²) in [5.41, 5.74) is 0.553. The summed E-state index contributed by atoms with van der Waals surface area (Å²) < 4.78 is 0. The van der Waals surface area contributed by atoms with Crippen molar-refractivity contribution in [2.75, 3.05) is 19.6 Å². The van der Waals surface area contributed by atoms with Gasteiger partial charge in [0.25, 0.3) is 5.56 Å². The van der Waals surface area contributed by atoms with Crippen molar-refractivity contribution in [1.29, 1.82) is 0 Å². The molecular formula is C20H28N4O2. The number of carbonyl (C=O) groups is 1. The summed E-state index contributed by atoms with van der Waals surface area (Å²) in [5.74, 6) is 1.47. The van der Waals surface area contributed by atoms with E-state index < -0.39 is 0 Å². The Morgan fingerprint density at radius 3 is 2.73 bits per heavy atom. The molecule has 1 amide bonds. The van der Waals surface area contributed by atoms with Crippen LogP contribution >= 0.6 is 0 Å². The number of H-pyrrole nitrogens is 1. The number of likely N-dealkylation sites (N-methyl/N-ethyl adjacent to an activating group) is 1. The van der Waals surface area contributed by atoms with Gasteiger partial charge < -0.3 is 9.88 Å². The van der Waals surface area contributed by atoms with Crippen LogP contribution in [0.5, 0.6) is 0 Å². The molecule has 0 radical (unpaired) electrons. The molecule has 1 aliphatic heterocycles. The Labute approximate surface area is 154 Å². The summed E-state index contributed by atoms with van der Waals surface area (Å²) >= 11 is 0. The first kappa shape index (κ1) is 18.6. The number of fused-ring (bicyclic) bond motifs is 1. The molecule has 6 heteroatoms. The number of benzene rings is 1. The molecule has 0 aliphatic carbocycles. The molecule has 1 fully saturated rings. The highest BCUT2D eigenvalue weighted by molar-refractivity contribution is 5.81. The minimum Gasteiger partial charge on any atom is -0.341 e. The van der Waals surface area contributed by atoms with Gasteiger partial charge >= 0.3 is 0 Å². The van der Waals surface area contributed by atoms with Gasteiger partial charge in [0.05, 0.1) is 23.5 Å². The predicted molar refractivity (Wildman–Crippen MR) is 103 cm³/mol. The number of likely N-dealkylation sites (tertiary alicyclic amines) is 1. The smallest absolute Gasteiger partial charge is 0.258 e. The van der Waals surface area contributed by atoms with E-state index in [1.54, 1.807) is 6.07 Å². The lowest BCUT2D eigenvalue weighted by Gasteiger charge is -2.35. The quantitative estimate of drug-likeness (QED) is 0.893. The molecule has 6 nitrogen and oxygen atoms in total. The second kappa shape index (κ2) is 7.99. The topological polar surface area (TPSA) is 69.3 Å². The first-order chi connectivity index (χ1) is 12.5. The Morgan fingerprint density at radius 1 is 1.35 bits per heavy atom. The van der Waals surface area contributed by atoms with E-state index in [-0.39, 0.29) is 17.5 Å². The average molecular weight is 356 g/mol. The molecule has 1 aromatic carbocycles. The van der Waals surface area contributed by atoms with Crippen molar-refractivity contribution >= 4 is 16.8 Å². The lowest BCUT2D eigenvalue weighted by molar-refractivity contribution is -0.138. The Bertz CT molecular complexity index is 824. The summed E-state index contributed by atoms with van der Waals surface area (Å²) in [4.78, 5) is 36.6. The van der Waals surface area contributed by atoms with Gasteiger partial charge in [-0.2, -0.15) is 0 Å². The Hall–Kier alpha value is -2.21. The second-order valence-electron chi connectivity index (χ2n) is 7.28. The van der Waals surface area contributed by atoms with Gasteiger partial charge in [-0.05, 0) is 44.4 Å². The van der Waals surface area contributed by atoms with Gasteiger partial charge in [-0.1, -0.05) is 26.0 Å². The monoisotopic (exact) mass is 356 g/mol. The summed E-state index contributed by atoms with van der Waals surface area (Å²) in [6, 6.07) is 7.09. The zero-order chi connectivity index (χ0) is 18.7. The normalized spacial score (nSPS) is 17.0. The molecule has 0 spiro atoms. The number of rotatable bonds is 5. The third kappa shape index (κ3) is 3.96. The van der Waals surface area contributed by atoms with E-state index >= 15 is 0 Å². The van der Waals surface area contributed by atoms with Crippen LogP contribution in [-0.4, -0.2) is 51.4 Å². The highest BCUT2D eigenvalue weighted by atomic mass is 16.2. The second-order valence-corrected chi connectivity index (χ2v) is 7.28. The number of piperidine rings is 1. The minimum absolute atomic E-state index is 0.134. The van der Waals surface area contributed by atoms with Gasteiger partial charge in [0.1, 0.15) is 5.82 Å². The maximum absolute atomic E-state index is 12.9. The van der Waals surface area contributed by atoms with Crippen LogP contribution in [0.2, 0.25) is 0 Å². The molecule has 2 heterocycles. The number of para-hydroxylation sites is 1. The minimum atomic E-state index is -0.231. The Kier molecular flexibility index (Phi) is 5.71. The van der Waals surface area contributed by atoms with Crippen molar-refractivity contribution < 1.29 is 4.79 Å². The standard InChI is InChI=1S/C20H28N4O2/c1-4-23(15(3)20(26)24-11-9-14(2)10-12-24)13-18-21-17-8-6-5-7-16(17)19(25)22-18/h5-8,14-15H,4,9-13H2,1-3H3,(H,21,22,25). The highest BCUT2D eigenvalue weighted by Crippen LogP contribution is 2.18. The number of aromatic amines is 1. The molecule has 1 unspecified atom stereocenters. The van der Waals surface area contributed by atoms with E-state index in [2.05, 4.69) is 21.8 Å². The summed E-state index contributed by atoms with van der Waals surface area (Å²) in [6.07, 6.45) is 2.15. The van der Waals surface area contributed by atoms with Crippen LogP contribution in [0.25, 0.3) is 10.9 Å². The zero-order valence-electron chi connectivity index (χ0n) is 15.9. The number of aromatic nitrogens is 2. The van der Waals surface area contributed by atoms with Crippen molar-refractivity contribution in [3.63, 3.8) is 0 Å². The lowest BCUT2D eigenvalue weighted by atomic mass is 9.98. The van der Waals surface area contributed by atoms with Crippen molar-refractivity contribution in [2.24, 2.45) is 5.92 Å². The summed E-state index contributed by atoms with van der Waals surface area (Å²) in [5, 5.41) is 0.589. The largest absolute Gasteiger partial charge is 0.341 e. The summed E-state index contributed by atoms with van der Waals surface area (Å²) in [7, 11) is 0. The molecule has 26 heavy (non-hydrogen) atoms. The molecule has 1 aromatic heterocycles. The molecule has 1 N–H and O–H groups in total. The van der Waals surface area contributed by atoms with Gasteiger partial charge in [-0.15, -0.1) is 0 Å². The van der Waals surface area contributed by atoms with Gasteiger partial charge in [-0.3, -0.25) is 14.5 Å². The van der Waals surface area contributed by atoms with E-state index in [4.69, 9.17) is 0 Å². The van der Waals surface area contributed by atoms with Crippen LogP contribution in [0.4, 0.5) is 0 Å². The fourth-order valence-electron chi connectivity index (χ4n) is 3.57. The molecule has 140 valence electrons. The molecule has 0 bridgehead atoms. The third-order valence-electron chi connectivity index (χ3n) is 5.42. The Morgan fingerprint density at radius 2 is 2.04 bits per heavy atom. The van der Waals surface area contributed by atoms with Crippen molar-refractivity contribution in [1.82, 2.24) is 19.8 Å². The zero-order valence-corrected chi connectivity index (χ0v) is 15.9. The predicted octanol–water partition coefficient (Wildman–Crippen LogP) is 2.39. The van der Waals surface area contributed by atoms with Crippen LogP contribution in [0, 0.1) is 5.92 Å². The van der Waals surface area contributed by atoms with Crippen molar-refractivity contribution in [3.05, 3.63) is 40.4 Å². The van der Waals surface area contributed by atoms with E-state index in [0.717, 1.165) is 25.9 Å². The molecule has 1 atom stereocenters. The van der Waals surface area contributed by atoms with Gasteiger partial charge in [0.2, 0.25) is 5.91 Å². The number of hydrogen-bond donors (Lipinski definition) is 1. The highest BCUT2D eigenvalue weighted by Gasteiger charge is 2.28. The van der Waals surface area contributed by atoms with Crippen LogP contribution in [-0.2, 0) is 11.3 Å². The first-order valence-electron chi connectivity index (χ1n) is 9.50. The van der Waals surface area contributed by atoms with Crippen LogP contribution in [0.15, 0.2) is 29.1 Å². The summed E-state index contributed by atoms with van der Waals surface area (Å²) in [6.45, 7) is 9.07. The lowest BCUT2D eigenvalue weighted by Crippen LogP contribution is -2.49. The molecule has 2 aromatic rings. The van der Waals surface area contributed by atoms with Gasteiger partial charge in [-0.25, -0.2) is 4.98 Å². The number of carbonyl (C=O) groups excluding carboxylic acids is 1. The maximum atomic E-state index is 12.9. The fourth-order valence-corrected chi connectivity index (χ4v) is 3.57. The average Bonchev–Trinajstić information content (AvgIpc) is 2.65. The maximum Gasteiger partial charge on any atom is 0.258 e. The number of nitrogens with one attached hydrogen (secondary N) is 1. The molecule has 1 aliphatic rings. The molecule has 1 saturated heterocycles. The van der Waals surface area contributed by atoms with Gasteiger partial charge in [0.15, 0.2) is 0 Å². The Balaban J connectivity index is 1.74. The number of amides is 1. The van der Waals surface area contributed by atoms with Crippen molar-refractivity contribution in [3.8, 4) is 0 Å². The van der Waals surface area contributed by atoms with Crippen molar-refractivity contribution in [2.45, 2.75) is 46.2 Å². The van der Waals surface area contributed by atoms with E-state index in [9.17, 15) is 9.59 Å². The number of hydrogen-bond acceptors (Lipinski definition) is 4. The molecule has 0 saturated carbocycles. The van der Waals surface area contributed by atoms with E-state index in [1.165, 1.54) is 0 Å². The van der Waals surface area contributed by atoms with E-state index in [0.29, 0.717) is 35.7 Å². The van der Waals surface area contributed by atoms with Gasteiger partial charge in [0, 0.05) is 13.1 Å². The fraction of sp³-hybridized carbons (Fsp3) is 0.550. The SMILES string of the molecule is CCN(Cc1nc2ccccc2c(=O)[nH]1)C(C)C(=O)N1CCC(C)CC1. The molecule has 3 rings (SSSR count). The molecular weight excluding hydrogens is 328 g/mol. The number of nitrogens with zero attached hydrogens (tertiary/aromatic N) is 3. The third-order valence-corrected chi connectivity index (χ3v) is 5.42.